The van der Waals surface area contributed by atoms with Crippen LogP contribution in [0.25, 0.3) is 0 Å². The first-order valence-corrected chi connectivity index (χ1v) is 10.7. The summed E-state index contributed by atoms with van der Waals surface area (Å²) in [7, 11) is -3.45. The average molecular weight is 406 g/mol. The van der Waals surface area contributed by atoms with Crippen LogP contribution in [0.5, 0.6) is 0 Å². The van der Waals surface area contributed by atoms with Crippen molar-refractivity contribution < 1.29 is 18.3 Å². The number of hydrogen-bond acceptors (Lipinski definition) is 6. The summed E-state index contributed by atoms with van der Waals surface area (Å²) in [5.74, 6) is 0.668. The van der Waals surface area contributed by atoms with Crippen molar-refractivity contribution in [3.63, 3.8) is 0 Å². The lowest BCUT2D eigenvalue weighted by Gasteiger charge is -2.25. The van der Waals surface area contributed by atoms with Crippen molar-refractivity contribution in [2.45, 2.75) is 24.2 Å². The second kappa shape index (κ2) is 8.98. The molecule has 3 rings (SSSR count). The maximum absolute atomic E-state index is 12.6. The van der Waals surface area contributed by atoms with Gasteiger partial charge in [-0.15, -0.1) is 0 Å². The zero-order chi connectivity index (χ0) is 20.0. The van der Waals surface area contributed by atoms with Gasteiger partial charge in [0.15, 0.2) is 0 Å². The molecule has 10 heteroatoms. The Kier molecular flexibility index (Phi) is 6.42. The Bertz CT molecular complexity index is 912. The number of anilines is 2. The van der Waals surface area contributed by atoms with Crippen LogP contribution in [0.15, 0.2) is 47.5 Å². The maximum atomic E-state index is 12.6. The Morgan fingerprint density at radius 1 is 1.04 bits per heavy atom. The van der Waals surface area contributed by atoms with Crippen molar-refractivity contribution in [3.05, 3.63) is 52.7 Å². The van der Waals surface area contributed by atoms with Crippen molar-refractivity contribution in [2.75, 3.05) is 36.8 Å². The smallest absolute Gasteiger partial charge is 0.292 e. The summed E-state index contributed by atoms with van der Waals surface area (Å²) in [6.45, 7) is 2.10. The number of pyridine rings is 1. The molecule has 3 N–H and O–H groups in total. The van der Waals surface area contributed by atoms with E-state index in [9.17, 15) is 18.5 Å². The Morgan fingerprint density at radius 3 is 2.43 bits per heavy atom. The van der Waals surface area contributed by atoms with Gasteiger partial charge in [0, 0.05) is 25.2 Å². The van der Waals surface area contributed by atoms with E-state index in [0.29, 0.717) is 37.7 Å². The molecule has 1 aromatic carbocycles. The first kappa shape index (κ1) is 20.0. The third-order valence-corrected chi connectivity index (χ3v) is 6.49. The van der Waals surface area contributed by atoms with Gasteiger partial charge < -0.3 is 5.32 Å². The molecule has 1 aliphatic heterocycles. The van der Waals surface area contributed by atoms with Gasteiger partial charge in [0.1, 0.15) is 23.3 Å². The van der Waals surface area contributed by atoms with Crippen molar-refractivity contribution in [2.24, 2.45) is 0 Å². The van der Waals surface area contributed by atoms with E-state index in [4.69, 9.17) is 0 Å². The molecule has 0 atom stereocenters. The van der Waals surface area contributed by atoms with Crippen molar-refractivity contribution in [3.8, 4) is 0 Å². The highest BCUT2D eigenvalue weighted by Gasteiger charge is 2.26. The number of rotatable bonds is 8. The zero-order valence-corrected chi connectivity index (χ0v) is 16.2. The summed E-state index contributed by atoms with van der Waals surface area (Å²) < 4.78 is 26.8. The quantitative estimate of drug-likeness (QED) is 0.394. The molecule has 0 aliphatic carbocycles. The highest BCUT2D eigenvalue weighted by molar-refractivity contribution is 7.89. The van der Waals surface area contributed by atoms with Crippen LogP contribution in [0, 0.1) is 10.1 Å². The third kappa shape index (κ3) is 4.76. The SMILES string of the molecule is O=[N+]([O-])c1ccccc1NCCNc1ccc(S(=O)(=O)N2CCCCC2)c[nH+]1. The largest absolute Gasteiger partial charge is 0.376 e. The summed E-state index contributed by atoms with van der Waals surface area (Å²) >= 11 is 0. The molecule has 1 aliphatic rings. The molecule has 2 aromatic rings. The van der Waals surface area contributed by atoms with Crippen molar-refractivity contribution in [1.29, 1.82) is 0 Å². The van der Waals surface area contributed by atoms with Gasteiger partial charge in [0.05, 0.1) is 11.5 Å². The van der Waals surface area contributed by atoms with Crippen LogP contribution in [0.4, 0.5) is 17.2 Å². The average Bonchev–Trinajstić information content (AvgIpc) is 2.72. The van der Waals surface area contributed by atoms with Gasteiger partial charge in [0.25, 0.3) is 11.5 Å². The van der Waals surface area contributed by atoms with Crippen LogP contribution < -0.4 is 15.6 Å². The first-order valence-electron chi connectivity index (χ1n) is 9.21. The molecule has 28 heavy (non-hydrogen) atoms. The summed E-state index contributed by atoms with van der Waals surface area (Å²) in [4.78, 5) is 13.8. The number of benzene rings is 1. The fraction of sp³-hybridized carbons (Fsp3) is 0.389. The molecule has 1 fully saturated rings. The van der Waals surface area contributed by atoms with Gasteiger partial charge in [0.2, 0.25) is 10.0 Å². The molecule has 0 radical (unpaired) electrons. The molecule has 2 heterocycles. The summed E-state index contributed by atoms with van der Waals surface area (Å²) in [6, 6.07) is 9.73. The lowest BCUT2D eigenvalue weighted by atomic mass is 10.2. The van der Waals surface area contributed by atoms with Crippen LogP contribution in [0.1, 0.15) is 19.3 Å². The van der Waals surface area contributed by atoms with Gasteiger partial charge >= 0.3 is 0 Å². The number of H-pyrrole nitrogens is 1. The lowest BCUT2D eigenvalue weighted by Crippen LogP contribution is -2.36. The maximum Gasteiger partial charge on any atom is 0.292 e. The predicted octanol–water partition coefficient (Wildman–Crippen LogP) is 2.11. The lowest BCUT2D eigenvalue weighted by molar-refractivity contribution is -0.384. The highest BCUT2D eigenvalue weighted by atomic mass is 32.2. The number of nitro benzene ring substituents is 1. The van der Waals surface area contributed by atoms with Crippen LogP contribution in [-0.2, 0) is 10.0 Å². The third-order valence-electron chi connectivity index (χ3n) is 4.59. The number of sulfonamides is 1. The van der Waals surface area contributed by atoms with E-state index in [1.165, 1.54) is 16.6 Å². The van der Waals surface area contributed by atoms with Crippen LogP contribution in [-0.4, -0.2) is 43.8 Å². The Hall–Kier alpha value is -2.72. The molecule has 1 aromatic heterocycles. The van der Waals surface area contributed by atoms with Crippen LogP contribution >= 0.6 is 0 Å². The van der Waals surface area contributed by atoms with E-state index >= 15 is 0 Å². The standard InChI is InChI=1S/C18H23N5O4S/c24-23(25)17-7-3-2-6-16(17)19-10-11-20-18-9-8-15(14-21-18)28(26,27)22-12-4-1-5-13-22/h2-3,6-9,14,19H,1,4-5,10-13H2,(H,20,21)/p+1. The Morgan fingerprint density at radius 2 is 1.75 bits per heavy atom. The van der Waals surface area contributed by atoms with Crippen LogP contribution in [0.2, 0.25) is 0 Å². The minimum atomic E-state index is -3.45. The van der Waals surface area contributed by atoms with Gasteiger partial charge in [-0.3, -0.25) is 15.4 Å². The number of nitro groups is 1. The fourth-order valence-corrected chi connectivity index (χ4v) is 4.60. The van der Waals surface area contributed by atoms with E-state index in [2.05, 4.69) is 15.6 Å². The summed E-state index contributed by atoms with van der Waals surface area (Å²) in [5.41, 5.74) is 0.489. The normalized spacial score (nSPS) is 15.1. The van der Waals surface area contributed by atoms with E-state index in [1.807, 2.05) is 0 Å². The zero-order valence-electron chi connectivity index (χ0n) is 15.4. The van der Waals surface area contributed by atoms with Crippen molar-refractivity contribution in [1.82, 2.24) is 4.31 Å². The number of para-hydroxylation sites is 2. The number of nitrogens with zero attached hydrogens (tertiary/aromatic N) is 2. The van der Waals surface area contributed by atoms with Gasteiger partial charge in [-0.1, -0.05) is 18.6 Å². The number of aromatic nitrogens is 1. The molecule has 0 amide bonds. The molecule has 0 unspecified atom stereocenters. The first-order chi connectivity index (χ1) is 13.5. The molecule has 9 nitrogen and oxygen atoms in total. The second-order valence-corrected chi connectivity index (χ2v) is 8.47. The van der Waals surface area contributed by atoms with E-state index in [-0.39, 0.29) is 10.6 Å². The molecular weight excluding hydrogens is 382 g/mol. The van der Waals surface area contributed by atoms with Gasteiger partial charge in [-0.2, -0.15) is 4.31 Å². The van der Waals surface area contributed by atoms with Crippen molar-refractivity contribution >= 4 is 27.2 Å². The monoisotopic (exact) mass is 406 g/mol. The Balaban J connectivity index is 1.53. The topological polar surface area (TPSA) is 119 Å². The molecule has 150 valence electrons. The van der Waals surface area contributed by atoms with E-state index in [0.717, 1.165) is 19.3 Å². The molecule has 0 spiro atoms. The Labute approximate surface area is 164 Å². The molecule has 0 bridgehead atoms. The molecule has 1 saturated heterocycles. The number of nitrogens with one attached hydrogen (secondary N) is 3. The fourth-order valence-electron chi connectivity index (χ4n) is 3.11. The molecular formula is C18H24N5O4S+. The van der Waals surface area contributed by atoms with Gasteiger partial charge in [-0.25, -0.2) is 13.4 Å². The van der Waals surface area contributed by atoms with E-state index in [1.54, 1.807) is 30.3 Å². The number of hydrogen-bond donors (Lipinski definition) is 2. The number of aromatic amines is 1. The minimum Gasteiger partial charge on any atom is -0.376 e. The predicted molar refractivity (Wildman–Crippen MR) is 106 cm³/mol. The summed E-state index contributed by atoms with van der Waals surface area (Å²) in [6.07, 6.45) is 4.35. The minimum absolute atomic E-state index is 0.0290. The summed E-state index contributed by atoms with van der Waals surface area (Å²) in [5, 5.41) is 17.1. The molecule has 0 saturated carbocycles. The highest BCUT2D eigenvalue weighted by Crippen LogP contribution is 2.23. The van der Waals surface area contributed by atoms with E-state index < -0.39 is 14.9 Å². The van der Waals surface area contributed by atoms with Gasteiger partial charge in [-0.05, 0) is 25.0 Å². The number of piperidine rings is 1. The second-order valence-electron chi connectivity index (χ2n) is 6.53. The van der Waals surface area contributed by atoms with Crippen LogP contribution in [0.3, 0.4) is 0 Å².